The standard InChI is InChI=1S/C39H35ClN2O4S/c40-34-19-8-10-21-37(34)47(45,46)41-27-26-36-33(18-11-12-28-22-24-31(25-23-28)39(43)44)32-17-7-9-20-35(32)42(36)38(29-13-3-1-4-14-29)30-15-5-2-6-16-30/h1-10,13-17,19-25,38,41H,11-12,18,26-27H2,(H,43,44). The maximum absolute atomic E-state index is 13.3. The molecular weight excluding hydrogens is 628 g/mol. The Morgan fingerprint density at radius 2 is 1.32 bits per heavy atom. The zero-order chi connectivity index (χ0) is 32.8. The molecule has 0 fully saturated rings. The van der Waals surface area contributed by atoms with E-state index in [2.05, 4.69) is 45.7 Å². The van der Waals surface area contributed by atoms with Gasteiger partial charge in [-0.1, -0.05) is 115 Å². The number of hydrogen-bond donors (Lipinski definition) is 2. The van der Waals surface area contributed by atoms with Gasteiger partial charge < -0.3 is 9.67 Å². The summed E-state index contributed by atoms with van der Waals surface area (Å²) in [5.41, 5.74) is 6.91. The predicted molar refractivity (Wildman–Crippen MR) is 188 cm³/mol. The normalized spacial score (nSPS) is 11.7. The molecule has 238 valence electrons. The van der Waals surface area contributed by atoms with Crippen LogP contribution in [0.1, 0.15) is 50.8 Å². The lowest BCUT2D eigenvalue weighted by molar-refractivity contribution is 0.0697. The number of rotatable bonds is 13. The van der Waals surface area contributed by atoms with Crippen LogP contribution in [0.25, 0.3) is 10.9 Å². The molecule has 0 aliphatic rings. The lowest BCUT2D eigenvalue weighted by atomic mass is 9.97. The van der Waals surface area contributed by atoms with Gasteiger partial charge in [-0.3, -0.25) is 0 Å². The van der Waals surface area contributed by atoms with Crippen LogP contribution in [-0.2, 0) is 29.3 Å². The van der Waals surface area contributed by atoms with Crippen LogP contribution in [0.15, 0.2) is 138 Å². The summed E-state index contributed by atoms with van der Waals surface area (Å²) in [7, 11) is -3.84. The van der Waals surface area contributed by atoms with E-state index in [1.807, 2.05) is 60.7 Å². The molecule has 6 aromatic rings. The number of sulfonamides is 1. The number of halogens is 1. The first kappa shape index (κ1) is 32.3. The number of aromatic nitrogens is 1. The van der Waals surface area contributed by atoms with Crippen molar-refractivity contribution >= 4 is 38.5 Å². The highest BCUT2D eigenvalue weighted by Crippen LogP contribution is 2.37. The second-order valence-corrected chi connectivity index (χ2v) is 13.6. The highest BCUT2D eigenvalue weighted by Gasteiger charge is 2.26. The maximum Gasteiger partial charge on any atom is 0.335 e. The van der Waals surface area contributed by atoms with Crippen LogP contribution in [-0.4, -0.2) is 30.6 Å². The molecular formula is C39H35ClN2O4S. The largest absolute Gasteiger partial charge is 0.478 e. The Morgan fingerprint density at radius 3 is 1.96 bits per heavy atom. The first-order chi connectivity index (χ1) is 22.8. The van der Waals surface area contributed by atoms with Crippen molar-refractivity contribution in [1.82, 2.24) is 9.29 Å². The third-order valence-corrected chi connectivity index (χ3v) is 10.5. The molecule has 0 aliphatic heterocycles. The van der Waals surface area contributed by atoms with Crippen LogP contribution in [0.3, 0.4) is 0 Å². The van der Waals surface area contributed by atoms with Crippen LogP contribution in [0.5, 0.6) is 0 Å². The van der Waals surface area contributed by atoms with Crippen molar-refractivity contribution in [2.45, 2.75) is 36.6 Å². The van der Waals surface area contributed by atoms with Gasteiger partial charge in [0.15, 0.2) is 0 Å². The molecule has 0 aliphatic carbocycles. The number of nitrogens with one attached hydrogen (secondary N) is 1. The summed E-state index contributed by atoms with van der Waals surface area (Å²) in [6, 6.07) is 42.5. The highest BCUT2D eigenvalue weighted by atomic mass is 35.5. The Hall–Kier alpha value is -4.69. The number of benzene rings is 5. The van der Waals surface area contributed by atoms with E-state index < -0.39 is 16.0 Å². The average Bonchev–Trinajstić information content (AvgIpc) is 3.38. The molecule has 0 unspecified atom stereocenters. The minimum atomic E-state index is -3.84. The number of carbonyl (C=O) groups is 1. The number of para-hydroxylation sites is 1. The van der Waals surface area contributed by atoms with Crippen LogP contribution < -0.4 is 4.72 Å². The van der Waals surface area contributed by atoms with Crippen molar-refractivity contribution < 1.29 is 18.3 Å². The fourth-order valence-electron chi connectivity index (χ4n) is 6.32. The molecule has 0 radical (unpaired) electrons. The van der Waals surface area contributed by atoms with Crippen molar-refractivity contribution in [3.8, 4) is 0 Å². The Morgan fingerprint density at radius 1 is 0.723 bits per heavy atom. The van der Waals surface area contributed by atoms with Crippen LogP contribution >= 0.6 is 11.6 Å². The minimum Gasteiger partial charge on any atom is -0.478 e. The van der Waals surface area contributed by atoms with E-state index in [9.17, 15) is 18.3 Å². The Balaban J connectivity index is 1.41. The number of fused-ring (bicyclic) bond motifs is 1. The molecule has 0 bridgehead atoms. The van der Waals surface area contributed by atoms with Gasteiger partial charge in [0.2, 0.25) is 10.0 Å². The molecule has 2 N–H and O–H groups in total. The monoisotopic (exact) mass is 662 g/mol. The van der Waals surface area contributed by atoms with Crippen LogP contribution in [0, 0.1) is 0 Å². The summed E-state index contributed by atoms with van der Waals surface area (Å²) in [6.45, 7) is 0.184. The van der Waals surface area contributed by atoms with Gasteiger partial charge in [0.25, 0.3) is 0 Å². The number of carboxylic acids is 1. The van der Waals surface area contributed by atoms with Gasteiger partial charge >= 0.3 is 5.97 Å². The van der Waals surface area contributed by atoms with Gasteiger partial charge in [0, 0.05) is 29.6 Å². The van der Waals surface area contributed by atoms with E-state index in [4.69, 9.17) is 11.6 Å². The van der Waals surface area contributed by atoms with Gasteiger partial charge in [0.05, 0.1) is 16.6 Å². The third kappa shape index (κ3) is 7.18. The molecule has 8 heteroatoms. The molecule has 6 rings (SSSR count). The SMILES string of the molecule is O=C(O)c1ccc(CCCc2c(CCNS(=O)(=O)c3ccccc3Cl)n(C(c3ccccc3)c3ccccc3)c3ccccc23)cc1. The molecule has 5 aromatic carbocycles. The fraction of sp³-hybridized carbons (Fsp3) is 0.154. The predicted octanol–water partition coefficient (Wildman–Crippen LogP) is 8.33. The topological polar surface area (TPSA) is 88.4 Å². The number of aryl methyl sites for hydroxylation is 2. The van der Waals surface area contributed by atoms with Gasteiger partial charge in [0.1, 0.15) is 4.90 Å². The number of carboxylic acid groups (broad SMARTS) is 1. The first-order valence-electron chi connectivity index (χ1n) is 15.6. The van der Waals surface area contributed by atoms with E-state index in [1.165, 1.54) is 11.6 Å². The molecule has 0 spiro atoms. The third-order valence-electron chi connectivity index (χ3n) is 8.49. The summed E-state index contributed by atoms with van der Waals surface area (Å²) < 4.78 is 31.8. The number of nitrogens with zero attached hydrogens (tertiary/aromatic N) is 1. The average molecular weight is 663 g/mol. The van der Waals surface area contributed by atoms with Crippen molar-refractivity contribution in [2.24, 2.45) is 0 Å². The summed E-state index contributed by atoms with van der Waals surface area (Å²) in [5, 5.41) is 10.6. The molecule has 6 nitrogen and oxygen atoms in total. The minimum absolute atomic E-state index is 0.0581. The van der Waals surface area contributed by atoms with E-state index >= 15 is 0 Å². The zero-order valence-electron chi connectivity index (χ0n) is 25.7. The van der Waals surface area contributed by atoms with Crippen molar-refractivity contribution in [3.05, 3.63) is 172 Å². The van der Waals surface area contributed by atoms with Gasteiger partial charge in [-0.15, -0.1) is 0 Å². The number of aromatic carboxylic acids is 1. The van der Waals surface area contributed by atoms with E-state index in [-0.39, 0.29) is 28.1 Å². The molecule has 0 saturated heterocycles. The second kappa shape index (κ2) is 14.4. The van der Waals surface area contributed by atoms with E-state index in [1.54, 1.807) is 30.3 Å². The summed E-state index contributed by atoms with van der Waals surface area (Å²) >= 11 is 6.27. The quantitative estimate of drug-likeness (QED) is 0.130. The molecule has 47 heavy (non-hydrogen) atoms. The van der Waals surface area contributed by atoms with E-state index in [0.29, 0.717) is 6.42 Å². The molecule has 0 saturated carbocycles. The van der Waals surface area contributed by atoms with Gasteiger partial charge in [-0.25, -0.2) is 17.9 Å². The lowest BCUT2D eigenvalue weighted by Crippen LogP contribution is -2.27. The van der Waals surface area contributed by atoms with Gasteiger partial charge in [-0.2, -0.15) is 0 Å². The summed E-state index contributed by atoms with van der Waals surface area (Å²) in [6.07, 6.45) is 2.83. The summed E-state index contributed by atoms with van der Waals surface area (Å²) in [4.78, 5) is 11.4. The fourth-order valence-corrected chi connectivity index (χ4v) is 7.87. The molecule has 0 amide bonds. The lowest BCUT2D eigenvalue weighted by Gasteiger charge is -2.25. The van der Waals surface area contributed by atoms with Crippen molar-refractivity contribution in [3.63, 3.8) is 0 Å². The van der Waals surface area contributed by atoms with E-state index in [0.717, 1.165) is 52.5 Å². The van der Waals surface area contributed by atoms with Gasteiger partial charge in [-0.05, 0) is 71.8 Å². The van der Waals surface area contributed by atoms with Crippen LogP contribution in [0.2, 0.25) is 5.02 Å². The summed E-state index contributed by atoms with van der Waals surface area (Å²) in [5.74, 6) is -0.939. The maximum atomic E-state index is 13.3. The van der Waals surface area contributed by atoms with Crippen molar-refractivity contribution in [1.29, 1.82) is 0 Å². The first-order valence-corrected chi connectivity index (χ1v) is 17.5. The smallest absolute Gasteiger partial charge is 0.335 e. The van der Waals surface area contributed by atoms with Crippen LogP contribution in [0.4, 0.5) is 0 Å². The second-order valence-electron chi connectivity index (χ2n) is 11.5. The Kier molecular flexibility index (Phi) is 9.87. The molecule has 0 atom stereocenters. The molecule has 1 heterocycles. The number of hydrogen-bond acceptors (Lipinski definition) is 3. The zero-order valence-corrected chi connectivity index (χ0v) is 27.3. The molecule has 1 aromatic heterocycles. The highest BCUT2D eigenvalue weighted by molar-refractivity contribution is 7.89. The Bertz CT molecular complexity index is 2060. The van der Waals surface area contributed by atoms with Crippen molar-refractivity contribution in [2.75, 3.05) is 6.54 Å². The Labute approximate surface area is 280 Å².